The lowest BCUT2D eigenvalue weighted by Crippen LogP contribution is -2.29. The Balaban J connectivity index is 1.54. The first-order valence-corrected chi connectivity index (χ1v) is 8.72. The van der Waals surface area contributed by atoms with Crippen LogP contribution < -0.4 is 5.32 Å². The van der Waals surface area contributed by atoms with Crippen LogP contribution in [0, 0.1) is 5.82 Å². The number of hydrogen-bond donors (Lipinski definition) is 2. The number of thioether (sulfide) groups is 1. The molecule has 2 aromatic rings. The number of carbonyl (C=O) groups excluding carboxylic acids is 1. The summed E-state index contributed by atoms with van der Waals surface area (Å²) in [4.78, 5) is 17.0. The van der Waals surface area contributed by atoms with Crippen molar-refractivity contribution < 1.29 is 9.18 Å². The highest BCUT2D eigenvalue weighted by Gasteiger charge is 2.31. The number of benzene rings is 1. The number of halogens is 1. The second-order valence-electron chi connectivity index (χ2n) is 6.11. The van der Waals surface area contributed by atoms with E-state index in [9.17, 15) is 9.18 Å². The number of nitrogens with zero attached hydrogens (tertiary/aromatic N) is 2. The van der Waals surface area contributed by atoms with Crippen LogP contribution >= 0.6 is 11.8 Å². The number of aromatic nitrogens is 3. The minimum atomic E-state index is -0.473. The van der Waals surface area contributed by atoms with Crippen molar-refractivity contribution in [3.63, 3.8) is 0 Å². The summed E-state index contributed by atoms with van der Waals surface area (Å²) in [5.41, 5.74) is 0.757. The normalized spacial score (nSPS) is 18.7. The van der Waals surface area contributed by atoms with Crippen LogP contribution in [-0.2, 0) is 4.79 Å². The molecular formula is C16H17FN4OS. The van der Waals surface area contributed by atoms with Crippen molar-refractivity contribution in [3.8, 4) is 0 Å². The molecular weight excluding hydrogens is 315 g/mol. The molecule has 1 unspecified atom stereocenters. The van der Waals surface area contributed by atoms with E-state index in [1.165, 1.54) is 23.9 Å². The third-order valence-corrected chi connectivity index (χ3v) is 5.12. The summed E-state index contributed by atoms with van der Waals surface area (Å²) in [5, 5.41) is 10.3. The maximum atomic E-state index is 13.2. The molecule has 2 N–H and O–H groups in total. The van der Waals surface area contributed by atoms with Crippen LogP contribution in [0.15, 0.2) is 29.4 Å². The lowest BCUT2D eigenvalue weighted by atomic mass is 10.1. The Labute approximate surface area is 137 Å². The number of amides is 1. The van der Waals surface area contributed by atoms with Gasteiger partial charge < -0.3 is 5.32 Å². The van der Waals surface area contributed by atoms with Crippen LogP contribution in [0.1, 0.15) is 48.2 Å². The predicted octanol–water partition coefficient (Wildman–Crippen LogP) is 2.93. The summed E-state index contributed by atoms with van der Waals surface area (Å²) in [6.07, 6.45) is 4.34. The van der Waals surface area contributed by atoms with Gasteiger partial charge in [-0.1, -0.05) is 23.9 Å². The Morgan fingerprint density at radius 2 is 2.00 bits per heavy atom. The van der Waals surface area contributed by atoms with Gasteiger partial charge >= 0.3 is 0 Å². The first kappa shape index (κ1) is 14.7. The molecule has 1 heterocycles. The van der Waals surface area contributed by atoms with Crippen molar-refractivity contribution in [3.05, 3.63) is 41.5 Å². The average molecular weight is 332 g/mol. The van der Waals surface area contributed by atoms with E-state index < -0.39 is 5.25 Å². The van der Waals surface area contributed by atoms with E-state index in [1.54, 1.807) is 12.1 Å². The fourth-order valence-electron chi connectivity index (χ4n) is 2.37. The SMILES string of the molecule is O=C(NC1CC1)C(Sc1n[nH]c(C2CC2)n1)c1ccc(F)cc1. The highest BCUT2D eigenvalue weighted by Crippen LogP contribution is 2.40. The molecule has 0 radical (unpaired) electrons. The molecule has 0 spiro atoms. The van der Waals surface area contributed by atoms with Crippen LogP contribution in [0.3, 0.4) is 0 Å². The average Bonchev–Trinajstić information content (AvgIpc) is 3.47. The van der Waals surface area contributed by atoms with Crippen LogP contribution in [0.4, 0.5) is 4.39 Å². The molecule has 0 saturated heterocycles. The number of hydrogen-bond acceptors (Lipinski definition) is 4. The van der Waals surface area contributed by atoms with Crippen molar-refractivity contribution in [2.75, 3.05) is 0 Å². The smallest absolute Gasteiger partial charge is 0.238 e. The lowest BCUT2D eigenvalue weighted by molar-refractivity contribution is -0.120. The highest BCUT2D eigenvalue weighted by atomic mass is 32.2. The van der Waals surface area contributed by atoms with E-state index in [0.29, 0.717) is 11.1 Å². The van der Waals surface area contributed by atoms with Gasteiger partial charge in [-0.15, -0.1) is 5.10 Å². The quantitative estimate of drug-likeness (QED) is 0.798. The molecule has 2 fully saturated rings. The second kappa shape index (κ2) is 5.96. The monoisotopic (exact) mass is 332 g/mol. The van der Waals surface area contributed by atoms with Gasteiger partial charge in [0.25, 0.3) is 0 Å². The molecule has 1 amide bonds. The number of aromatic amines is 1. The minimum Gasteiger partial charge on any atom is -0.352 e. The van der Waals surface area contributed by atoms with Crippen molar-refractivity contribution >= 4 is 17.7 Å². The Bertz CT molecular complexity index is 709. The second-order valence-corrected chi connectivity index (χ2v) is 7.18. The van der Waals surface area contributed by atoms with Crippen LogP contribution in [-0.4, -0.2) is 27.1 Å². The standard InChI is InChI=1S/C16H17FN4OS/c17-11-5-3-9(4-6-11)13(15(22)18-12-7-8-12)23-16-19-14(20-21-16)10-1-2-10/h3-6,10,12-13H,1-2,7-8H2,(H,18,22)(H,19,20,21). The van der Waals surface area contributed by atoms with E-state index in [2.05, 4.69) is 20.5 Å². The van der Waals surface area contributed by atoms with E-state index in [-0.39, 0.29) is 17.8 Å². The van der Waals surface area contributed by atoms with Crippen LogP contribution in [0.2, 0.25) is 0 Å². The lowest BCUT2D eigenvalue weighted by Gasteiger charge is -2.15. The molecule has 1 atom stereocenters. The largest absolute Gasteiger partial charge is 0.352 e. The fourth-order valence-corrected chi connectivity index (χ4v) is 3.30. The van der Waals surface area contributed by atoms with Gasteiger partial charge in [-0.05, 0) is 43.4 Å². The zero-order valence-corrected chi connectivity index (χ0v) is 13.3. The first-order valence-electron chi connectivity index (χ1n) is 7.84. The number of carbonyl (C=O) groups is 1. The molecule has 2 saturated carbocycles. The number of rotatable bonds is 6. The highest BCUT2D eigenvalue weighted by molar-refractivity contribution is 8.00. The van der Waals surface area contributed by atoms with E-state index in [1.807, 2.05) is 0 Å². The van der Waals surface area contributed by atoms with E-state index in [4.69, 9.17) is 0 Å². The van der Waals surface area contributed by atoms with Crippen LogP contribution in [0.5, 0.6) is 0 Å². The summed E-state index contributed by atoms with van der Waals surface area (Å²) in [7, 11) is 0. The van der Waals surface area contributed by atoms with Crippen molar-refractivity contribution in [1.29, 1.82) is 0 Å². The predicted molar refractivity (Wildman–Crippen MR) is 84.5 cm³/mol. The van der Waals surface area contributed by atoms with Gasteiger partial charge in [-0.3, -0.25) is 9.89 Å². The molecule has 1 aromatic carbocycles. The molecule has 2 aliphatic rings. The zero-order chi connectivity index (χ0) is 15.8. The molecule has 2 aliphatic carbocycles. The van der Waals surface area contributed by atoms with Gasteiger partial charge in [-0.2, -0.15) is 0 Å². The van der Waals surface area contributed by atoms with Crippen LogP contribution in [0.25, 0.3) is 0 Å². The van der Waals surface area contributed by atoms with Gasteiger partial charge in [0.05, 0.1) is 0 Å². The molecule has 0 aliphatic heterocycles. The maximum Gasteiger partial charge on any atom is 0.238 e. The summed E-state index contributed by atoms with van der Waals surface area (Å²) in [6, 6.07) is 6.32. The molecule has 0 bridgehead atoms. The molecule has 120 valence electrons. The number of H-pyrrole nitrogens is 1. The molecule has 7 heteroatoms. The Kier molecular flexibility index (Phi) is 3.80. The summed E-state index contributed by atoms with van der Waals surface area (Å²) in [5.74, 6) is 1.00. The van der Waals surface area contributed by atoms with Crippen molar-refractivity contribution in [1.82, 2.24) is 20.5 Å². The first-order chi connectivity index (χ1) is 11.2. The molecule has 23 heavy (non-hydrogen) atoms. The van der Waals surface area contributed by atoms with Gasteiger partial charge in [0.15, 0.2) is 0 Å². The zero-order valence-electron chi connectivity index (χ0n) is 12.5. The van der Waals surface area contributed by atoms with E-state index in [0.717, 1.165) is 37.1 Å². The summed E-state index contributed by atoms with van der Waals surface area (Å²) >= 11 is 1.30. The van der Waals surface area contributed by atoms with Gasteiger partial charge in [0, 0.05) is 12.0 Å². The van der Waals surface area contributed by atoms with E-state index >= 15 is 0 Å². The summed E-state index contributed by atoms with van der Waals surface area (Å²) < 4.78 is 13.2. The number of nitrogens with one attached hydrogen (secondary N) is 2. The minimum absolute atomic E-state index is 0.0677. The topological polar surface area (TPSA) is 70.7 Å². The Morgan fingerprint density at radius 1 is 1.26 bits per heavy atom. The van der Waals surface area contributed by atoms with Crippen molar-refractivity contribution in [2.24, 2.45) is 0 Å². The molecule has 4 rings (SSSR count). The molecule has 1 aromatic heterocycles. The van der Waals surface area contributed by atoms with Gasteiger partial charge in [0.2, 0.25) is 11.1 Å². The van der Waals surface area contributed by atoms with Crippen molar-refractivity contribution in [2.45, 2.75) is 48.0 Å². The summed E-state index contributed by atoms with van der Waals surface area (Å²) in [6.45, 7) is 0. The fraction of sp³-hybridized carbons (Fsp3) is 0.438. The third-order valence-electron chi connectivity index (χ3n) is 4.00. The maximum absolute atomic E-state index is 13.2. The Morgan fingerprint density at radius 3 is 2.65 bits per heavy atom. The third kappa shape index (κ3) is 3.55. The van der Waals surface area contributed by atoms with Gasteiger partial charge in [0.1, 0.15) is 16.9 Å². The Hall–Kier alpha value is -1.89. The van der Waals surface area contributed by atoms with Gasteiger partial charge in [-0.25, -0.2) is 9.37 Å². The molecule has 5 nitrogen and oxygen atoms in total.